The molecule has 0 unspecified atom stereocenters. The molecule has 5 rings (SSSR count). The highest BCUT2D eigenvalue weighted by Crippen LogP contribution is 2.32. The molecule has 8 nitrogen and oxygen atoms in total. The zero-order valence-electron chi connectivity index (χ0n) is 17.1. The number of aromatic nitrogens is 2. The maximum atomic E-state index is 13.5. The smallest absolute Gasteiger partial charge is 0.278 e. The third-order valence-electron chi connectivity index (χ3n) is 5.68. The summed E-state index contributed by atoms with van der Waals surface area (Å²) in [5.41, 5.74) is 2.23. The van der Waals surface area contributed by atoms with E-state index in [1.54, 1.807) is 47.5 Å². The lowest BCUT2D eigenvalue weighted by atomic mass is 10.2. The predicted octanol–water partition coefficient (Wildman–Crippen LogP) is 2.24. The first-order chi connectivity index (χ1) is 15.4. The van der Waals surface area contributed by atoms with Gasteiger partial charge in [-0.25, -0.2) is 17.5 Å². The Balaban J connectivity index is 1.38. The van der Waals surface area contributed by atoms with Crippen molar-refractivity contribution in [2.45, 2.75) is 11.3 Å². The van der Waals surface area contributed by atoms with Crippen molar-refractivity contribution < 1.29 is 22.3 Å². The molecule has 2 aromatic carbocycles. The van der Waals surface area contributed by atoms with Crippen molar-refractivity contribution in [3.63, 3.8) is 0 Å². The summed E-state index contributed by atoms with van der Waals surface area (Å²) in [5.74, 6) is -0.676. The van der Waals surface area contributed by atoms with Crippen LogP contribution in [0.15, 0.2) is 59.6 Å². The number of fused-ring (bicyclic) bond motifs is 1. The molecule has 2 aliphatic heterocycles. The van der Waals surface area contributed by atoms with Crippen molar-refractivity contribution in [2.24, 2.45) is 0 Å². The summed E-state index contributed by atoms with van der Waals surface area (Å²) in [6.07, 6.45) is 2.16. The van der Waals surface area contributed by atoms with Crippen LogP contribution in [-0.2, 0) is 21.2 Å². The van der Waals surface area contributed by atoms with Gasteiger partial charge >= 0.3 is 0 Å². The first-order valence-corrected chi connectivity index (χ1v) is 11.7. The van der Waals surface area contributed by atoms with E-state index in [4.69, 9.17) is 4.74 Å². The van der Waals surface area contributed by atoms with E-state index < -0.39 is 10.0 Å². The molecular formula is C22H21FN4O4S. The lowest BCUT2D eigenvalue weighted by Crippen LogP contribution is -2.40. The third-order valence-corrected chi connectivity index (χ3v) is 7.58. The molecule has 1 saturated heterocycles. The van der Waals surface area contributed by atoms with Gasteiger partial charge in [-0.15, -0.1) is 0 Å². The number of rotatable bonds is 4. The SMILES string of the molecule is O=C(c1ccn(-c2cccc(F)c2)n1)N1CCc2cc(S(=O)(=O)N3CCOCC3)ccc21. The van der Waals surface area contributed by atoms with Crippen molar-refractivity contribution in [1.82, 2.24) is 14.1 Å². The standard InChI is InChI=1S/C22H21FN4O4S/c23-17-2-1-3-18(15-17)27-9-7-20(24-27)22(28)26-8-6-16-14-19(4-5-21(16)26)32(29,30)25-10-12-31-13-11-25/h1-5,7,9,14-15H,6,8,10-13H2. The second-order valence-electron chi connectivity index (χ2n) is 7.64. The molecule has 3 heterocycles. The number of morpholine rings is 1. The van der Waals surface area contributed by atoms with Gasteiger partial charge in [0.2, 0.25) is 10.0 Å². The Labute approximate surface area is 184 Å². The molecule has 0 radical (unpaired) electrons. The van der Waals surface area contributed by atoms with Gasteiger partial charge in [0.25, 0.3) is 5.91 Å². The zero-order chi connectivity index (χ0) is 22.3. The molecule has 1 amide bonds. The molecule has 0 saturated carbocycles. The molecule has 10 heteroatoms. The number of ether oxygens (including phenoxy) is 1. The number of carbonyl (C=O) groups excluding carboxylic acids is 1. The summed E-state index contributed by atoms with van der Waals surface area (Å²) in [7, 11) is -3.60. The minimum atomic E-state index is -3.60. The van der Waals surface area contributed by atoms with Crippen LogP contribution in [0.2, 0.25) is 0 Å². The number of hydrogen-bond donors (Lipinski definition) is 0. The fraction of sp³-hybridized carbons (Fsp3) is 0.273. The fourth-order valence-corrected chi connectivity index (χ4v) is 5.48. The summed E-state index contributed by atoms with van der Waals surface area (Å²) in [6.45, 7) is 1.86. The maximum absolute atomic E-state index is 13.5. The summed E-state index contributed by atoms with van der Waals surface area (Å²) in [6, 6.07) is 12.4. The summed E-state index contributed by atoms with van der Waals surface area (Å²) in [4.78, 5) is 14.9. The summed E-state index contributed by atoms with van der Waals surface area (Å²) in [5, 5.41) is 4.30. The van der Waals surface area contributed by atoms with Crippen LogP contribution in [0.4, 0.5) is 10.1 Å². The zero-order valence-corrected chi connectivity index (χ0v) is 18.0. The number of hydrogen-bond acceptors (Lipinski definition) is 5. The first kappa shape index (κ1) is 20.8. The van der Waals surface area contributed by atoms with Crippen molar-refractivity contribution in [2.75, 3.05) is 37.7 Å². The average molecular weight is 456 g/mol. The molecule has 0 N–H and O–H groups in total. The molecule has 166 valence electrons. The van der Waals surface area contributed by atoms with Crippen LogP contribution in [0.25, 0.3) is 5.69 Å². The summed E-state index contributed by atoms with van der Waals surface area (Å²) < 4.78 is 47.5. The number of halogens is 1. The molecule has 1 fully saturated rings. The molecule has 0 bridgehead atoms. The van der Waals surface area contributed by atoms with Gasteiger partial charge in [0, 0.05) is 31.5 Å². The highest BCUT2D eigenvalue weighted by Gasteiger charge is 2.31. The predicted molar refractivity (Wildman–Crippen MR) is 115 cm³/mol. The van der Waals surface area contributed by atoms with Gasteiger partial charge in [0.1, 0.15) is 5.82 Å². The molecule has 0 spiro atoms. The number of nitrogens with zero attached hydrogens (tertiary/aromatic N) is 4. The molecule has 0 atom stereocenters. The Morgan fingerprint density at radius 3 is 2.62 bits per heavy atom. The van der Waals surface area contributed by atoms with Crippen LogP contribution in [0, 0.1) is 5.82 Å². The first-order valence-electron chi connectivity index (χ1n) is 10.3. The van der Waals surface area contributed by atoms with Crippen molar-refractivity contribution in [3.8, 4) is 5.69 Å². The average Bonchev–Trinajstić information content (AvgIpc) is 3.46. The molecule has 32 heavy (non-hydrogen) atoms. The highest BCUT2D eigenvalue weighted by molar-refractivity contribution is 7.89. The number of carbonyl (C=O) groups is 1. The minimum absolute atomic E-state index is 0.225. The van der Waals surface area contributed by atoms with Crippen LogP contribution in [0.5, 0.6) is 0 Å². The molecule has 2 aliphatic rings. The van der Waals surface area contributed by atoms with Gasteiger partial charge in [0.15, 0.2) is 5.69 Å². The quantitative estimate of drug-likeness (QED) is 0.601. The normalized spacial score (nSPS) is 16.8. The molecule has 0 aliphatic carbocycles. The number of sulfonamides is 1. The van der Waals surface area contributed by atoms with Crippen LogP contribution in [0.3, 0.4) is 0 Å². The topological polar surface area (TPSA) is 84.7 Å². The van der Waals surface area contributed by atoms with Crippen LogP contribution >= 0.6 is 0 Å². The second kappa shape index (κ2) is 8.12. The van der Waals surface area contributed by atoms with Gasteiger partial charge in [0.05, 0.1) is 23.8 Å². The number of benzene rings is 2. The second-order valence-corrected chi connectivity index (χ2v) is 9.58. The van der Waals surface area contributed by atoms with Crippen molar-refractivity contribution >= 4 is 21.6 Å². The number of amides is 1. The lowest BCUT2D eigenvalue weighted by Gasteiger charge is -2.26. The largest absolute Gasteiger partial charge is 0.379 e. The Morgan fingerprint density at radius 1 is 1.03 bits per heavy atom. The fourth-order valence-electron chi connectivity index (χ4n) is 4.02. The lowest BCUT2D eigenvalue weighted by molar-refractivity contribution is 0.0730. The van der Waals surface area contributed by atoms with Crippen LogP contribution in [0.1, 0.15) is 16.1 Å². The Hall–Kier alpha value is -3.08. The summed E-state index contributed by atoms with van der Waals surface area (Å²) >= 11 is 0. The minimum Gasteiger partial charge on any atom is -0.379 e. The Morgan fingerprint density at radius 2 is 1.84 bits per heavy atom. The van der Waals surface area contributed by atoms with Gasteiger partial charge in [-0.05, 0) is 54.4 Å². The maximum Gasteiger partial charge on any atom is 0.278 e. The molecular weight excluding hydrogens is 435 g/mol. The van der Waals surface area contributed by atoms with Gasteiger partial charge in [-0.2, -0.15) is 9.40 Å². The Bertz CT molecular complexity index is 1280. The van der Waals surface area contributed by atoms with E-state index in [-0.39, 0.29) is 22.3 Å². The molecule has 1 aromatic heterocycles. The van der Waals surface area contributed by atoms with Crippen molar-refractivity contribution in [1.29, 1.82) is 0 Å². The highest BCUT2D eigenvalue weighted by atomic mass is 32.2. The van der Waals surface area contributed by atoms with Crippen molar-refractivity contribution in [3.05, 3.63) is 71.8 Å². The van der Waals surface area contributed by atoms with E-state index in [0.29, 0.717) is 50.6 Å². The third kappa shape index (κ3) is 3.70. The van der Waals surface area contributed by atoms with Gasteiger partial charge in [-0.3, -0.25) is 4.79 Å². The van der Waals surface area contributed by atoms with Gasteiger partial charge in [-0.1, -0.05) is 6.07 Å². The van der Waals surface area contributed by atoms with Crippen LogP contribution in [-0.4, -0.2) is 61.3 Å². The van der Waals surface area contributed by atoms with Crippen LogP contribution < -0.4 is 4.90 Å². The Kier molecular flexibility index (Phi) is 5.28. The van der Waals surface area contributed by atoms with E-state index in [9.17, 15) is 17.6 Å². The monoisotopic (exact) mass is 456 g/mol. The number of anilines is 1. The van der Waals surface area contributed by atoms with Gasteiger partial charge < -0.3 is 9.64 Å². The van der Waals surface area contributed by atoms with E-state index in [1.165, 1.54) is 21.1 Å². The van der Waals surface area contributed by atoms with E-state index in [1.807, 2.05) is 0 Å². The van der Waals surface area contributed by atoms with E-state index in [0.717, 1.165) is 5.56 Å². The van der Waals surface area contributed by atoms with E-state index >= 15 is 0 Å². The van der Waals surface area contributed by atoms with E-state index in [2.05, 4.69) is 5.10 Å². The molecule has 3 aromatic rings.